The third-order valence-corrected chi connectivity index (χ3v) is 4.44. The van der Waals surface area contributed by atoms with E-state index in [1.807, 2.05) is 6.92 Å². The summed E-state index contributed by atoms with van der Waals surface area (Å²) in [5, 5.41) is 10.6. The molecule has 0 spiro atoms. The molecule has 0 bridgehead atoms. The minimum Gasteiger partial charge on any atom is -0.390 e. The van der Waals surface area contributed by atoms with Crippen LogP contribution in [0.3, 0.4) is 0 Å². The Balaban J connectivity index is 2.14. The van der Waals surface area contributed by atoms with Crippen molar-refractivity contribution in [3.63, 3.8) is 0 Å². The molecule has 21 heavy (non-hydrogen) atoms. The zero-order valence-corrected chi connectivity index (χ0v) is 12.7. The molecule has 1 saturated carbocycles. The number of benzene rings is 1. The highest BCUT2D eigenvalue weighted by atomic mass is 19.2. The van der Waals surface area contributed by atoms with Crippen molar-refractivity contribution in [2.75, 3.05) is 6.61 Å². The normalized spacial score (nSPS) is 27.6. The minimum atomic E-state index is -0.873. The second kappa shape index (κ2) is 6.84. The van der Waals surface area contributed by atoms with Gasteiger partial charge in [0.05, 0.1) is 11.7 Å². The molecule has 2 rings (SSSR count). The van der Waals surface area contributed by atoms with Crippen LogP contribution in [0.5, 0.6) is 0 Å². The number of aliphatic hydroxyl groups excluding tert-OH is 1. The molecule has 1 fully saturated rings. The molecule has 3 unspecified atom stereocenters. The van der Waals surface area contributed by atoms with E-state index in [2.05, 4.69) is 6.92 Å². The molecule has 2 nitrogen and oxygen atoms in total. The van der Waals surface area contributed by atoms with Gasteiger partial charge in [-0.1, -0.05) is 25.8 Å². The number of halogens is 2. The Morgan fingerprint density at radius 1 is 1.38 bits per heavy atom. The zero-order chi connectivity index (χ0) is 15.5. The second-order valence-electron chi connectivity index (χ2n) is 6.17. The van der Waals surface area contributed by atoms with Gasteiger partial charge in [0.15, 0.2) is 11.6 Å². The van der Waals surface area contributed by atoms with Crippen LogP contribution in [0.4, 0.5) is 8.78 Å². The summed E-state index contributed by atoms with van der Waals surface area (Å²) in [5.41, 5.74) is 0.0378. The van der Waals surface area contributed by atoms with Gasteiger partial charge < -0.3 is 9.84 Å². The number of hydrogen-bond donors (Lipinski definition) is 1. The van der Waals surface area contributed by atoms with Crippen molar-refractivity contribution in [3.8, 4) is 0 Å². The van der Waals surface area contributed by atoms with E-state index >= 15 is 0 Å². The molecule has 0 heterocycles. The van der Waals surface area contributed by atoms with Crippen LogP contribution in [0.1, 0.15) is 45.1 Å². The van der Waals surface area contributed by atoms with E-state index in [0.29, 0.717) is 18.1 Å². The molecular weight excluding hydrogens is 274 g/mol. The lowest BCUT2D eigenvalue weighted by molar-refractivity contribution is -0.147. The third kappa shape index (κ3) is 3.80. The first-order chi connectivity index (χ1) is 9.97. The minimum absolute atomic E-state index is 0.282. The number of aliphatic hydroxyl groups is 1. The van der Waals surface area contributed by atoms with Gasteiger partial charge in [-0.15, -0.1) is 0 Å². The molecule has 1 N–H and O–H groups in total. The maximum atomic E-state index is 13.3. The molecule has 118 valence electrons. The van der Waals surface area contributed by atoms with Crippen molar-refractivity contribution in [1.29, 1.82) is 0 Å². The van der Waals surface area contributed by atoms with Crippen LogP contribution in [0, 0.1) is 17.6 Å². The Morgan fingerprint density at radius 3 is 2.76 bits per heavy atom. The topological polar surface area (TPSA) is 29.5 Å². The van der Waals surface area contributed by atoms with Crippen LogP contribution < -0.4 is 0 Å². The van der Waals surface area contributed by atoms with Crippen LogP contribution in [0.15, 0.2) is 18.2 Å². The SMILES string of the molecule is CCOC1(C(O)Cc2ccc(F)c(F)c2)CCCC(C)C1. The lowest BCUT2D eigenvalue weighted by Crippen LogP contribution is -2.49. The average molecular weight is 298 g/mol. The van der Waals surface area contributed by atoms with Gasteiger partial charge in [-0.3, -0.25) is 0 Å². The first kappa shape index (κ1) is 16.4. The highest BCUT2D eigenvalue weighted by Gasteiger charge is 2.41. The van der Waals surface area contributed by atoms with Crippen molar-refractivity contribution >= 4 is 0 Å². The Hall–Kier alpha value is -1.00. The first-order valence-corrected chi connectivity index (χ1v) is 7.73. The number of hydrogen-bond acceptors (Lipinski definition) is 2. The zero-order valence-electron chi connectivity index (χ0n) is 12.7. The summed E-state index contributed by atoms with van der Waals surface area (Å²) in [4.78, 5) is 0. The highest BCUT2D eigenvalue weighted by Crippen LogP contribution is 2.38. The monoisotopic (exact) mass is 298 g/mol. The van der Waals surface area contributed by atoms with Crippen LogP contribution in [0.2, 0.25) is 0 Å². The van der Waals surface area contributed by atoms with Gasteiger partial charge in [0, 0.05) is 13.0 Å². The maximum absolute atomic E-state index is 13.3. The molecule has 1 aromatic rings. The molecule has 0 amide bonds. The van der Waals surface area contributed by atoms with E-state index in [9.17, 15) is 13.9 Å². The Bertz CT molecular complexity index is 474. The average Bonchev–Trinajstić information content (AvgIpc) is 2.43. The van der Waals surface area contributed by atoms with Crippen LogP contribution in [0.25, 0.3) is 0 Å². The standard InChI is InChI=1S/C17H24F2O2/c1-3-21-17(8-4-5-12(2)11-17)16(20)10-13-6-7-14(18)15(19)9-13/h6-7,9,12,16,20H,3-5,8,10-11H2,1-2H3. The molecular formula is C17H24F2O2. The predicted octanol–water partition coefficient (Wildman–Crippen LogP) is 3.85. The number of rotatable bonds is 5. The molecule has 0 aromatic heterocycles. The van der Waals surface area contributed by atoms with E-state index in [-0.39, 0.29) is 6.42 Å². The second-order valence-corrected chi connectivity index (χ2v) is 6.17. The Kier molecular flexibility index (Phi) is 5.33. The van der Waals surface area contributed by atoms with Crippen molar-refractivity contribution in [1.82, 2.24) is 0 Å². The molecule has 0 aliphatic heterocycles. The summed E-state index contributed by atoms with van der Waals surface area (Å²) in [7, 11) is 0. The Labute approximate surface area is 125 Å². The molecule has 4 heteroatoms. The largest absolute Gasteiger partial charge is 0.390 e. The molecule has 0 radical (unpaired) electrons. The van der Waals surface area contributed by atoms with Crippen molar-refractivity contribution in [2.24, 2.45) is 5.92 Å². The Morgan fingerprint density at radius 2 is 2.14 bits per heavy atom. The summed E-state index contributed by atoms with van der Waals surface area (Å²) in [5.74, 6) is -1.23. The molecule has 1 aliphatic rings. The summed E-state index contributed by atoms with van der Waals surface area (Å²) in [6, 6.07) is 3.78. The predicted molar refractivity (Wildman–Crippen MR) is 78.1 cm³/mol. The van der Waals surface area contributed by atoms with Gasteiger partial charge in [0.1, 0.15) is 0 Å². The van der Waals surface area contributed by atoms with Gasteiger partial charge in [0.2, 0.25) is 0 Å². The van der Waals surface area contributed by atoms with Crippen LogP contribution in [-0.2, 0) is 11.2 Å². The summed E-state index contributed by atoms with van der Waals surface area (Å²) in [6.45, 7) is 4.63. The van der Waals surface area contributed by atoms with E-state index in [0.717, 1.165) is 37.8 Å². The molecule has 3 atom stereocenters. The van der Waals surface area contributed by atoms with E-state index in [1.165, 1.54) is 6.07 Å². The van der Waals surface area contributed by atoms with E-state index < -0.39 is 23.3 Å². The molecule has 0 saturated heterocycles. The lowest BCUT2D eigenvalue weighted by Gasteiger charge is -2.43. The van der Waals surface area contributed by atoms with Crippen molar-refractivity contribution in [2.45, 2.75) is 57.7 Å². The smallest absolute Gasteiger partial charge is 0.159 e. The fourth-order valence-corrected chi connectivity index (χ4v) is 3.44. The van der Waals surface area contributed by atoms with Crippen LogP contribution in [-0.4, -0.2) is 23.4 Å². The summed E-state index contributed by atoms with van der Waals surface area (Å²) >= 11 is 0. The van der Waals surface area contributed by atoms with Gasteiger partial charge in [0.25, 0.3) is 0 Å². The van der Waals surface area contributed by atoms with Gasteiger partial charge in [-0.05, 0) is 43.4 Å². The van der Waals surface area contributed by atoms with E-state index in [4.69, 9.17) is 4.74 Å². The lowest BCUT2D eigenvalue weighted by atomic mass is 9.74. The van der Waals surface area contributed by atoms with Gasteiger partial charge in [-0.2, -0.15) is 0 Å². The van der Waals surface area contributed by atoms with Gasteiger partial charge >= 0.3 is 0 Å². The summed E-state index contributed by atoms with van der Waals surface area (Å²) < 4.78 is 32.2. The highest BCUT2D eigenvalue weighted by molar-refractivity contribution is 5.19. The van der Waals surface area contributed by atoms with E-state index in [1.54, 1.807) is 0 Å². The number of ether oxygens (including phenoxy) is 1. The quantitative estimate of drug-likeness (QED) is 0.894. The molecule has 1 aromatic carbocycles. The fourth-order valence-electron chi connectivity index (χ4n) is 3.44. The van der Waals surface area contributed by atoms with Gasteiger partial charge in [-0.25, -0.2) is 8.78 Å². The fraction of sp³-hybridized carbons (Fsp3) is 0.647. The first-order valence-electron chi connectivity index (χ1n) is 7.73. The molecule has 1 aliphatic carbocycles. The maximum Gasteiger partial charge on any atom is 0.159 e. The van der Waals surface area contributed by atoms with Crippen molar-refractivity contribution in [3.05, 3.63) is 35.4 Å². The van der Waals surface area contributed by atoms with Crippen molar-refractivity contribution < 1.29 is 18.6 Å². The van der Waals surface area contributed by atoms with Crippen LogP contribution >= 0.6 is 0 Å². The third-order valence-electron chi connectivity index (χ3n) is 4.44. The summed E-state index contributed by atoms with van der Waals surface area (Å²) in [6.07, 6.45) is 3.37.